The molecule has 4 atom stereocenters. The summed E-state index contributed by atoms with van der Waals surface area (Å²) in [6.45, 7) is 4.13. The molecular formula is C28H29F2N3O4. The number of piperidine rings is 1. The Morgan fingerprint density at radius 1 is 1.16 bits per heavy atom. The first-order valence-corrected chi connectivity index (χ1v) is 12.9. The van der Waals surface area contributed by atoms with Crippen molar-refractivity contribution in [3.63, 3.8) is 0 Å². The van der Waals surface area contributed by atoms with Crippen LogP contribution in [0.2, 0.25) is 0 Å². The van der Waals surface area contributed by atoms with Crippen molar-refractivity contribution in [1.82, 2.24) is 10.1 Å². The van der Waals surface area contributed by atoms with Crippen LogP contribution in [-0.2, 0) is 11.3 Å². The predicted molar refractivity (Wildman–Crippen MR) is 131 cm³/mol. The molecule has 4 heterocycles. The monoisotopic (exact) mass is 509 g/mol. The molecule has 2 saturated heterocycles. The number of nitrogens with zero attached hydrogens (tertiary/aromatic N) is 3. The molecule has 2 bridgehead atoms. The molecule has 3 aliphatic rings. The van der Waals surface area contributed by atoms with Crippen LogP contribution in [0.1, 0.15) is 72.3 Å². The second-order valence-corrected chi connectivity index (χ2v) is 10.6. The minimum absolute atomic E-state index is 0.0316. The predicted octanol–water partition coefficient (Wildman–Crippen LogP) is 5.86. The molecular weight excluding hydrogens is 480 g/mol. The summed E-state index contributed by atoms with van der Waals surface area (Å²) in [5.74, 6) is -0.204. The molecule has 37 heavy (non-hydrogen) atoms. The van der Waals surface area contributed by atoms with Gasteiger partial charge in [-0.15, -0.1) is 0 Å². The molecule has 3 unspecified atom stereocenters. The second-order valence-electron chi connectivity index (χ2n) is 10.6. The summed E-state index contributed by atoms with van der Waals surface area (Å²) in [5, 5.41) is 13.4. The maximum Gasteiger partial charge on any atom is 0.337 e. The summed E-state index contributed by atoms with van der Waals surface area (Å²) in [6.07, 6.45) is 4.47. The van der Waals surface area contributed by atoms with Crippen LogP contribution in [0.15, 0.2) is 34.9 Å². The van der Waals surface area contributed by atoms with Gasteiger partial charge in [-0.2, -0.15) is 0 Å². The van der Waals surface area contributed by atoms with Gasteiger partial charge in [0.1, 0.15) is 28.9 Å². The van der Waals surface area contributed by atoms with Gasteiger partial charge >= 0.3 is 5.97 Å². The second kappa shape index (κ2) is 9.20. The molecule has 3 fully saturated rings. The number of fused-ring (bicyclic) bond motifs is 2. The van der Waals surface area contributed by atoms with Gasteiger partial charge < -0.3 is 19.3 Å². The fourth-order valence-corrected chi connectivity index (χ4v) is 6.13. The first-order chi connectivity index (χ1) is 17.8. The number of carboxylic acids is 1. The Bertz CT molecular complexity index is 1330. The number of hydrogen-bond donors (Lipinski definition) is 1. The number of pyridine rings is 1. The Balaban J connectivity index is 1.22. The number of anilines is 1. The molecule has 0 amide bonds. The van der Waals surface area contributed by atoms with Crippen LogP contribution in [0.5, 0.6) is 0 Å². The van der Waals surface area contributed by atoms with Gasteiger partial charge in [0.15, 0.2) is 0 Å². The van der Waals surface area contributed by atoms with E-state index in [2.05, 4.69) is 22.0 Å². The highest BCUT2D eigenvalue weighted by molar-refractivity contribution is 5.89. The van der Waals surface area contributed by atoms with E-state index < -0.39 is 17.6 Å². The lowest BCUT2D eigenvalue weighted by Crippen LogP contribution is -2.47. The van der Waals surface area contributed by atoms with Crippen LogP contribution in [0.3, 0.4) is 0 Å². The van der Waals surface area contributed by atoms with E-state index in [9.17, 15) is 18.7 Å². The van der Waals surface area contributed by atoms with Gasteiger partial charge in [-0.05, 0) is 69.2 Å². The molecule has 9 heteroatoms. The SMILES string of the molecule is Cc1nc(N2C3CC(OCc4c(-c5c(F)cccc5F)noc4C4CC4)CC2[C@H](C)C3)ccc1C(=O)O. The van der Waals surface area contributed by atoms with E-state index in [1.54, 1.807) is 19.1 Å². The topological polar surface area (TPSA) is 88.7 Å². The highest BCUT2D eigenvalue weighted by Crippen LogP contribution is 2.46. The van der Waals surface area contributed by atoms with Crippen molar-refractivity contribution in [3.8, 4) is 11.3 Å². The fraction of sp³-hybridized carbons (Fsp3) is 0.464. The molecule has 3 aromatic rings. The molecule has 7 nitrogen and oxygen atoms in total. The van der Waals surface area contributed by atoms with Crippen LogP contribution in [-0.4, -0.2) is 39.4 Å². The number of rotatable bonds is 7. The zero-order valence-corrected chi connectivity index (χ0v) is 20.8. The zero-order valence-electron chi connectivity index (χ0n) is 20.8. The van der Waals surface area contributed by atoms with E-state index in [-0.39, 0.29) is 47.5 Å². The number of ether oxygens (including phenoxy) is 1. The average molecular weight is 510 g/mol. The maximum absolute atomic E-state index is 14.6. The lowest BCUT2D eigenvalue weighted by atomic mass is 9.96. The molecule has 1 aliphatic carbocycles. The van der Waals surface area contributed by atoms with Gasteiger partial charge in [-0.1, -0.05) is 18.1 Å². The summed E-state index contributed by atoms with van der Waals surface area (Å²) in [4.78, 5) is 18.3. The Labute approximate surface area is 213 Å². The highest BCUT2D eigenvalue weighted by atomic mass is 19.1. The first kappa shape index (κ1) is 24.0. The molecule has 6 rings (SSSR count). The van der Waals surface area contributed by atoms with Crippen molar-refractivity contribution >= 4 is 11.8 Å². The van der Waals surface area contributed by atoms with Gasteiger partial charge in [-0.25, -0.2) is 18.6 Å². The van der Waals surface area contributed by atoms with Crippen molar-refractivity contribution in [2.24, 2.45) is 5.92 Å². The Hall–Kier alpha value is -3.33. The summed E-state index contributed by atoms with van der Waals surface area (Å²) >= 11 is 0. The molecule has 2 aliphatic heterocycles. The van der Waals surface area contributed by atoms with Crippen molar-refractivity contribution in [1.29, 1.82) is 0 Å². The number of carboxylic acid groups (broad SMARTS) is 1. The van der Waals surface area contributed by atoms with Crippen LogP contribution in [0.25, 0.3) is 11.3 Å². The molecule has 1 N–H and O–H groups in total. The Morgan fingerprint density at radius 3 is 2.57 bits per heavy atom. The highest BCUT2D eigenvalue weighted by Gasteiger charge is 2.46. The van der Waals surface area contributed by atoms with Gasteiger partial charge in [-0.3, -0.25) is 0 Å². The van der Waals surface area contributed by atoms with Crippen molar-refractivity contribution in [3.05, 3.63) is 64.5 Å². The maximum atomic E-state index is 14.6. The Kier molecular flexibility index (Phi) is 5.98. The van der Waals surface area contributed by atoms with Crippen molar-refractivity contribution in [2.45, 2.75) is 76.7 Å². The van der Waals surface area contributed by atoms with Crippen molar-refractivity contribution < 1.29 is 27.9 Å². The lowest BCUT2D eigenvalue weighted by Gasteiger charge is -2.40. The number of aryl methyl sites for hydroxylation is 1. The number of carbonyl (C=O) groups is 1. The Morgan fingerprint density at radius 2 is 1.92 bits per heavy atom. The molecule has 1 aromatic carbocycles. The number of benzene rings is 1. The molecule has 0 radical (unpaired) electrons. The third-order valence-electron chi connectivity index (χ3n) is 8.09. The van der Waals surface area contributed by atoms with Crippen LogP contribution in [0.4, 0.5) is 14.6 Å². The number of halogens is 2. The lowest BCUT2D eigenvalue weighted by molar-refractivity contribution is 0.0134. The van der Waals surface area contributed by atoms with E-state index in [4.69, 9.17) is 9.26 Å². The molecule has 1 saturated carbocycles. The number of hydrogen-bond acceptors (Lipinski definition) is 6. The summed E-state index contributed by atoms with van der Waals surface area (Å²) in [5.41, 5.74) is 1.36. The molecule has 0 spiro atoms. The summed E-state index contributed by atoms with van der Waals surface area (Å²) in [6, 6.07) is 7.63. The van der Waals surface area contributed by atoms with Crippen LogP contribution in [0, 0.1) is 24.5 Å². The summed E-state index contributed by atoms with van der Waals surface area (Å²) < 4.78 is 41.2. The van der Waals surface area contributed by atoms with Gasteiger partial charge in [0.25, 0.3) is 0 Å². The molecule has 2 aromatic heterocycles. The minimum Gasteiger partial charge on any atom is -0.478 e. The number of aromatic nitrogens is 2. The van der Waals surface area contributed by atoms with E-state index in [0.717, 1.165) is 37.9 Å². The van der Waals surface area contributed by atoms with Crippen LogP contribution >= 0.6 is 0 Å². The van der Waals surface area contributed by atoms with E-state index in [1.165, 1.54) is 18.2 Å². The quantitative estimate of drug-likeness (QED) is 0.427. The van der Waals surface area contributed by atoms with Gasteiger partial charge in [0.05, 0.1) is 29.5 Å². The fourth-order valence-electron chi connectivity index (χ4n) is 6.13. The smallest absolute Gasteiger partial charge is 0.337 e. The normalized spacial score (nSPS) is 25.0. The third-order valence-corrected chi connectivity index (χ3v) is 8.09. The van der Waals surface area contributed by atoms with Gasteiger partial charge in [0.2, 0.25) is 0 Å². The van der Waals surface area contributed by atoms with E-state index in [0.29, 0.717) is 22.9 Å². The average Bonchev–Trinajstić information content (AvgIpc) is 3.58. The largest absolute Gasteiger partial charge is 0.478 e. The van der Waals surface area contributed by atoms with E-state index in [1.807, 2.05) is 0 Å². The molecule has 194 valence electrons. The minimum atomic E-state index is -0.978. The number of aromatic carboxylic acids is 1. The first-order valence-electron chi connectivity index (χ1n) is 12.9. The van der Waals surface area contributed by atoms with Crippen LogP contribution < -0.4 is 4.90 Å². The zero-order chi connectivity index (χ0) is 25.8. The van der Waals surface area contributed by atoms with Gasteiger partial charge in [0, 0.05) is 23.6 Å². The third kappa shape index (κ3) is 4.29. The van der Waals surface area contributed by atoms with E-state index >= 15 is 0 Å². The van der Waals surface area contributed by atoms with Crippen molar-refractivity contribution in [2.75, 3.05) is 4.90 Å². The summed E-state index contributed by atoms with van der Waals surface area (Å²) in [7, 11) is 0. The standard InChI is InChI=1S/C28H29F2N3O4/c1-14-10-17-11-18(12-23(14)33(17)24-9-8-19(28(34)35)15(2)31-24)36-13-20-26(32-37-27(20)16-6-7-16)25-21(29)4-3-5-22(25)30/h3-5,8-9,14,16-18,23H,6-7,10-13H2,1-2H3,(H,34,35)/t14-,17?,18?,23?/m1/s1.